The molecule has 0 saturated carbocycles. The molecule has 0 spiro atoms. The maximum Gasteiger partial charge on any atom is 0.446 e. The molecule has 3 aromatic rings. The first-order chi connectivity index (χ1) is 14.3. The van der Waals surface area contributed by atoms with Crippen LogP contribution >= 0.6 is 11.8 Å². The summed E-state index contributed by atoms with van der Waals surface area (Å²) in [5.74, 6) is -0.112. The zero-order valence-electron chi connectivity index (χ0n) is 15.9. The van der Waals surface area contributed by atoms with Crippen LogP contribution in [-0.4, -0.2) is 46.5 Å². The monoisotopic (exact) mass is 437 g/mol. The van der Waals surface area contributed by atoms with E-state index in [4.69, 9.17) is 4.74 Å². The van der Waals surface area contributed by atoms with Crippen LogP contribution in [0, 0.1) is 0 Å². The largest absolute Gasteiger partial charge is 0.446 e. The summed E-state index contributed by atoms with van der Waals surface area (Å²) in [7, 11) is 1.49. The molecule has 0 saturated heterocycles. The van der Waals surface area contributed by atoms with Crippen molar-refractivity contribution in [3.05, 3.63) is 70.3 Å². The van der Waals surface area contributed by atoms with Gasteiger partial charge in [-0.2, -0.15) is 13.2 Å². The van der Waals surface area contributed by atoms with Crippen molar-refractivity contribution in [3.63, 3.8) is 0 Å². The number of amides is 1. The summed E-state index contributed by atoms with van der Waals surface area (Å²) in [5, 5.41) is 0.439. The van der Waals surface area contributed by atoms with E-state index in [9.17, 15) is 22.8 Å². The van der Waals surface area contributed by atoms with Gasteiger partial charge in [-0.05, 0) is 48.2 Å². The molecule has 3 rings (SSSR count). The molecule has 0 atom stereocenters. The van der Waals surface area contributed by atoms with Gasteiger partial charge in [0.2, 0.25) is 0 Å². The lowest BCUT2D eigenvalue weighted by Crippen LogP contribution is -2.34. The van der Waals surface area contributed by atoms with Crippen molar-refractivity contribution in [2.24, 2.45) is 0 Å². The lowest BCUT2D eigenvalue weighted by atomic mass is 10.2. The number of alkyl halides is 3. The van der Waals surface area contributed by atoms with Crippen molar-refractivity contribution in [1.29, 1.82) is 0 Å². The Hall–Kier alpha value is -2.85. The molecular formula is C20H18F3N3O3S. The van der Waals surface area contributed by atoms with Gasteiger partial charge in [0.05, 0.1) is 24.1 Å². The van der Waals surface area contributed by atoms with Crippen LogP contribution in [0.4, 0.5) is 13.2 Å². The smallest absolute Gasteiger partial charge is 0.383 e. The number of carbonyl (C=O) groups excluding carboxylic acids is 1. The molecule has 158 valence electrons. The fourth-order valence-corrected chi connectivity index (χ4v) is 3.37. The second-order valence-corrected chi connectivity index (χ2v) is 7.46. The lowest BCUT2D eigenvalue weighted by molar-refractivity contribution is -0.0328. The number of ether oxygens (including phenoxy) is 1. The zero-order valence-corrected chi connectivity index (χ0v) is 16.7. The number of halogens is 3. The molecular weight excluding hydrogens is 419 g/mol. The first kappa shape index (κ1) is 21.8. The Kier molecular flexibility index (Phi) is 6.78. The molecule has 0 bridgehead atoms. The molecule has 0 unspecified atom stereocenters. The van der Waals surface area contributed by atoms with Gasteiger partial charge in [-0.1, -0.05) is 12.1 Å². The van der Waals surface area contributed by atoms with Crippen molar-refractivity contribution in [3.8, 4) is 0 Å². The fraction of sp³-hybridized carbons (Fsp3) is 0.250. The molecule has 1 aromatic heterocycles. The molecule has 0 aliphatic heterocycles. The highest BCUT2D eigenvalue weighted by Gasteiger charge is 2.29. The minimum atomic E-state index is -4.40. The van der Waals surface area contributed by atoms with Crippen molar-refractivity contribution in [1.82, 2.24) is 14.9 Å². The molecule has 10 heteroatoms. The molecule has 0 aliphatic carbocycles. The van der Waals surface area contributed by atoms with E-state index in [2.05, 4.69) is 9.97 Å². The van der Waals surface area contributed by atoms with Crippen LogP contribution in [0.2, 0.25) is 0 Å². The number of rotatable bonds is 7. The van der Waals surface area contributed by atoms with Gasteiger partial charge in [0, 0.05) is 24.1 Å². The average molecular weight is 437 g/mol. The Bertz CT molecular complexity index is 1080. The number of thioether (sulfide) groups is 1. The Morgan fingerprint density at radius 1 is 1.17 bits per heavy atom. The molecule has 1 amide bonds. The Morgan fingerprint density at radius 2 is 1.87 bits per heavy atom. The van der Waals surface area contributed by atoms with Crippen molar-refractivity contribution < 1.29 is 22.7 Å². The summed E-state index contributed by atoms with van der Waals surface area (Å²) in [5.41, 5.74) is -3.99. The van der Waals surface area contributed by atoms with Gasteiger partial charge in [-0.25, -0.2) is 4.98 Å². The van der Waals surface area contributed by atoms with Gasteiger partial charge in [-0.3, -0.25) is 9.59 Å². The average Bonchev–Trinajstić information content (AvgIpc) is 2.70. The van der Waals surface area contributed by atoms with Crippen molar-refractivity contribution in [2.75, 3.05) is 20.3 Å². The number of fused-ring (bicyclic) bond motifs is 1. The first-order valence-corrected chi connectivity index (χ1v) is 9.70. The van der Waals surface area contributed by atoms with Gasteiger partial charge in [0.1, 0.15) is 5.82 Å². The van der Waals surface area contributed by atoms with Crippen LogP contribution in [0.1, 0.15) is 16.2 Å². The van der Waals surface area contributed by atoms with E-state index in [0.717, 1.165) is 0 Å². The summed E-state index contributed by atoms with van der Waals surface area (Å²) >= 11 is -0.246. The predicted octanol–water partition coefficient (Wildman–Crippen LogP) is 3.82. The molecule has 2 aromatic carbocycles. The van der Waals surface area contributed by atoms with Gasteiger partial charge in [0.25, 0.3) is 11.5 Å². The van der Waals surface area contributed by atoms with E-state index in [-0.39, 0.29) is 47.5 Å². The molecule has 1 heterocycles. The van der Waals surface area contributed by atoms with Gasteiger partial charge >= 0.3 is 5.51 Å². The van der Waals surface area contributed by atoms with E-state index in [1.54, 1.807) is 24.3 Å². The number of carbonyl (C=O) groups is 1. The number of benzene rings is 2. The second-order valence-electron chi connectivity index (χ2n) is 6.32. The SMILES string of the molecule is COCCN(Cc1nc2ccccc2c(=O)[nH]1)C(=O)c1ccc(SC(F)(F)F)cc1. The van der Waals surface area contributed by atoms with Crippen molar-refractivity contribution >= 4 is 28.6 Å². The first-order valence-electron chi connectivity index (χ1n) is 8.89. The summed E-state index contributed by atoms with van der Waals surface area (Å²) in [6, 6.07) is 12.0. The highest BCUT2D eigenvalue weighted by atomic mass is 32.2. The van der Waals surface area contributed by atoms with Gasteiger partial charge < -0.3 is 14.6 Å². The highest BCUT2D eigenvalue weighted by Crippen LogP contribution is 2.36. The number of H-pyrrole nitrogens is 1. The third-order valence-electron chi connectivity index (χ3n) is 4.19. The van der Waals surface area contributed by atoms with Crippen LogP contribution in [0.5, 0.6) is 0 Å². The Balaban J connectivity index is 1.83. The second kappa shape index (κ2) is 9.31. The van der Waals surface area contributed by atoms with Crippen LogP contribution in [0.25, 0.3) is 10.9 Å². The highest BCUT2D eigenvalue weighted by molar-refractivity contribution is 8.00. The van der Waals surface area contributed by atoms with E-state index < -0.39 is 11.4 Å². The molecule has 0 fully saturated rings. The van der Waals surface area contributed by atoms with Crippen LogP contribution in [0.3, 0.4) is 0 Å². The van der Waals surface area contributed by atoms with Crippen LogP contribution < -0.4 is 5.56 Å². The minimum absolute atomic E-state index is 0.0111. The molecule has 0 aliphatic rings. The fourth-order valence-electron chi connectivity index (χ4n) is 2.83. The number of aromatic amines is 1. The van der Waals surface area contributed by atoms with E-state index >= 15 is 0 Å². The number of hydrogen-bond acceptors (Lipinski definition) is 5. The third-order valence-corrected chi connectivity index (χ3v) is 4.93. The lowest BCUT2D eigenvalue weighted by Gasteiger charge is -2.22. The Morgan fingerprint density at radius 3 is 2.53 bits per heavy atom. The molecule has 1 N–H and O–H groups in total. The number of hydrogen-bond donors (Lipinski definition) is 1. The molecule has 6 nitrogen and oxygen atoms in total. The summed E-state index contributed by atoms with van der Waals surface area (Å²) in [6.07, 6.45) is 0. The third kappa shape index (κ3) is 5.61. The van der Waals surface area contributed by atoms with E-state index in [0.29, 0.717) is 16.7 Å². The number of methoxy groups -OCH3 is 1. The normalized spacial score (nSPS) is 11.6. The zero-order chi connectivity index (χ0) is 21.7. The number of aromatic nitrogens is 2. The number of nitrogens with one attached hydrogen (secondary N) is 1. The van der Waals surface area contributed by atoms with Crippen molar-refractivity contribution in [2.45, 2.75) is 16.9 Å². The topological polar surface area (TPSA) is 75.3 Å². The van der Waals surface area contributed by atoms with Crippen LogP contribution in [-0.2, 0) is 11.3 Å². The van der Waals surface area contributed by atoms with E-state index in [1.165, 1.54) is 36.3 Å². The van der Waals surface area contributed by atoms with E-state index in [1.807, 2.05) is 0 Å². The van der Waals surface area contributed by atoms with Gasteiger partial charge in [-0.15, -0.1) is 0 Å². The summed E-state index contributed by atoms with van der Waals surface area (Å²) in [6.45, 7) is 0.470. The van der Waals surface area contributed by atoms with Crippen LogP contribution in [0.15, 0.2) is 58.2 Å². The predicted molar refractivity (Wildman–Crippen MR) is 107 cm³/mol. The Labute approximate surface area is 174 Å². The summed E-state index contributed by atoms with van der Waals surface area (Å²) < 4.78 is 42.5. The maximum absolute atomic E-state index is 12.9. The standard InChI is InChI=1S/C20H18F3N3O3S/c1-29-11-10-26(12-17-24-16-5-3-2-4-15(16)18(27)25-17)19(28)13-6-8-14(9-7-13)30-20(21,22)23/h2-9H,10-12H2,1H3,(H,24,25,27). The number of para-hydroxylation sites is 1. The number of nitrogens with zero attached hydrogens (tertiary/aromatic N) is 2. The molecule has 0 radical (unpaired) electrons. The summed E-state index contributed by atoms with van der Waals surface area (Å²) in [4.78, 5) is 33.7. The minimum Gasteiger partial charge on any atom is -0.383 e. The quantitative estimate of drug-likeness (QED) is 0.569. The maximum atomic E-state index is 12.9. The van der Waals surface area contributed by atoms with Gasteiger partial charge in [0.15, 0.2) is 0 Å². The molecule has 30 heavy (non-hydrogen) atoms.